The van der Waals surface area contributed by atoms with Crippen LogP contribution in [0.1, 0.15) is 205 Å². The lowest BCUT2D eigenvalue weighted by molar-refractivity contribution is -0.157. The summed E-state index contributed by atoms with van der Waals surface area (Å²) in [5.74, 6) is -6.42. The number of para-hydroxylation sites is 3. The number of nitrogens with one attached hydrogen (secondary N) is 6. The molecule has 122 heavy (non-hydrogen) atoms. The van der Waals surface area contributed by atoms with Crippen LogP contribution < -0.4 is 60.6 Å². The number of aryl methyl sites for hydroxylation is 2. The average Bonchev–Trinajstić information content (AvgIpc) is 1.61. The molecule has 0 radical (unpaired) electrons. The number of phenolic OH excluding ortho intramolecular Hbond substituents is 1. The van der Waals surface area contributed by atoms with Gasteiger partial charge in [-0.2, -0.15) is 8.42 Å². The molecule has 0 aromatic heterocycles. The number of phenols is 3. The number of alkyl carbamates (subject to hydrolysis) is 3. The van der Waals surface area contributed by atoms with E-state index in [1.807, 2.05) is 108 Å². The number of hydrogen-bond donors (Lipinski definition) is 20. The standard InChI is InChI=1S/C17H24N2O3S.C12H14N2O4S.C9H16N2O2S.C8H8O2.2C7H6O3.3C6H13NO2.2CH5N.H2O4S/c1-11-7-5-6-8-12(11)15(20)19-13(9-10-14(18)23)16(21)22-17(2,3)4;13-10(19)6-5-8(12(17)18)14-11(16)7-3-1-2-4-9(7)15;1-8(2,3)13-9(7(12)11-9)5-4-6(10)14;1-6-4-2-3-5-7(6)8(9)10;2*8-6-4-2-1-3-5(6)7(9)10;3*1-6(2,3)9-5(8)7-4;2*1-2;1-5(2,3)4/h5-8,13H,9-10H2,1-4H3,(H2,18,23)(H,19,20);1-4,8,15H,5-6H2,(H2,13,19)(H,14,16)(H,17,18);4-5H2,1-3H3,(H2,10,14)(H,11,12);2-5H,1H3,(H,9,10);2*1-4,8H,(H,9,10);3*1-4H3,(H,7,8);2*2H2,1H3;(H2,1,2,3,4). The van der Waals surface area contributed by atoms with Crippen molar-refractivity contribution >= 4 is 128 Å². The van der Waals surface area contributed by atoms with E-state index < -0.39 is 69.6 Å². The number of carbonyl (C=O) groups excluding carboxylic acids is 7. The molecule has 3 atom stereocenters. The van der Waals surface area contributed by atoms with Gasteiger partial charge in [0.1, 0.15) is 62.9 Å². The Labute approximate surface area is 729 Å². The molecule has 5 aromatic carbocycles. The molecule has 3 unspecified atom stereocenters. The number of rotatable bonds is 19. The summed E-state index contributed by atoms with van der Waals surface area (Å²) in [6.07, 6.45) is 0.849. The minimum atomic E-state index is -4.67. The molecule has 38 nitrogen and oxygen atoms in total. The lowest BCUT2D eigenvalue weighted by atomic mass is 10.1. The molecule has 1 saturated heterocycles. The maximum absolute atomic E-state index is 12.4. The number of ether oxygens (including phenoxy) is 5. The number of nitrogens with two attached hydrogens (primary N) is 5. The van der Waals surface area contributed by atoms with Crippen molar-refractivity contribution in [3.05, 3.63) is 160 Å². The highest BCUT2D eigenvalue weighted by Gasteiger charge is 2.56. The van der Waals surface area contributed by atoms with Crippen LogP contribution in [-0.2, 0) is 48.5 Å². The number of carboxylic acid groups (broad SMARTS) is 4. The van der Waals surface area contributed by atoms with E-state index in [4.69, 9.17) is 113 Å². The Morgan fingerprint density at radius 1 is 0.426 bits per heavy atom. The number of aromatic hydroxyl groups is 3. The largest absolute Gasteiger partial charge is 0.507 e. The van der Waals surface area contributed by atoms with Crippen LogP contribution in [0.2, 0.25) is 0 Å². The number of esters is 1. The van der Waals surface area contributed by atoms with Crippen LogP contribution >= 0.6 is 36.7 Å². The highest BCUT2D eigenvalue weighted by atomic mass is 32.3. The second-order valence-corrected chi connectivity index (χ2v) is 31.7. The lowest BCUT2D eigenvalue weighted by Gasteiger charge is -2.24. The SMILES string of the molecule is CC(C)(C)OC1(CCC(N)=S)NC1=O.CN.CN.CNC(=O)OC(C)(C)C.CNC(=O)OC(C)(C)C.CNC(=O)OC(C)(C)C.Cc1ccccc1C(=O)NC(CCC(N)=S)C(=O)OC(C)(C)C.Cc1ccccc1C(=O)O.NC(=S)CCC(NC(=O)c1ccccc1O)C(=O)O.O=C(O)c1ccccc1O.O=C(O)c1ccccc1O.O=S(=O)(O)O. The van der Waals surface area contributed by atoms with Crippen LogP contribution in [0.15, 0.2) is 121 Å². The first kappa shape index (κ1) is 121. The van der Waals surface area contributed by atoms with Crippen molar-refractivity contribution in [3.63, 3.8) is 0 Å². The van der Waals surface area contributed by atoms with Crippen molar-refractivity contribution in [1.82, 2.24) is 31.9 Å². The summed E-state index contributed by atoms with van der Waals surface area (Å²) >= 11 is 14.3. The van der Waals surface area contributed by atoms with Crippen molar-refractivity contribution in [1.29, 1.82) is 0 Å². The molecule has 686 valence electrons. The van der Waals surface area contributed by atoms with E-state index in [-0.39, 0.29) is 104 Å². The third-order valence-corrected chi connectivity index (χ3v) is 13.4. The molecule has 1 heterocycles. The minimum absolute atomic E-state index is 0.0177. The first-order valence-electron chi connectivity index (χ1n) is 36.5. The Morgan fingerprint density at radius 2 is 0.680 bits per heavy atom. The van der Waals surface area contributed by atoms with Crippen LogP contribution in [0.25, 0.3) is 0 Å². The van der Waals surface area contributed by atoms with Gasteiger partial charge in [-0.05, 0) is 204 Å². The predicted octanol–water partition coefficient (Wildman–Crippen LogP) is 9.63. The van der Waals surface area contributed by atoms with Gasteiger partial charge in [0, 0.05) is 52.4 Å². The Morgan fingerprint density at radius 3 is 0.902 bits per heavy atom. The quantitative estimate of drug-likeness (QED) is 0.0120. The predicted molar refractivity (Wildman–Crippen MR) is 474 cm³/mol. The number of hydrogen-bond acceptors (Lipinski definition) is 26. The van der Waals surface area contributed by atoms with Gasteiger partial charge in [0.2, 0.25) is 5.72 Å². The van der Waals surface area contributed by atoms with Gasteiger partial charge in [0.15, 0.2) is 0 Å². The van der Waals surface area contributed by atoms with Crippen LogP contribution in [0.4, 0.5) is 14.4 Å². The Bertz CT molecular complexity index is 4050. The summed E-state index contributed by atoms with van der Waals surface area (Å²) in [7, 11) is 2.94. The van der Waals surface area contributed by atoms with Gasteiger partial charge in [0.05, 0.1) is 31.7 Å². The number of carboxylic acids is 4. The van der Waals surface area contributed by atoms with Crippen molar-refractivity contribution < 1.29 is 130 Å². The molecule has 0 spiro atoms. The molecular formula is C80H125N11O27S4. The second-order valence-electron chi connectivity index (χ2n) is 29.2. The maximum Gasteiger partial charge on any atom is 0.407 e. The van der Waals surface area contributed by atoms with E-state index in [2.05, 4.69) is 55.6 Å². The molecule has 42 heteroatoms. The molecule has 25 N–H and O–H groups in total. The van der Waals surface area contributed by atoms with Crippen molar-refractivity contribution in [2.24, 2.45) is 28.7 Å². The van der Waals surface area contributed by atoms with Crippen LogP contribution in [0.5, 0.6) is 17.2 Å². The van der Waals surface area contributed by atoms with Gasteiger partial charge in [0.25, 0.3) is 17.7 Å². The number of benzene rings is 5. The molecule has 1 aliphatic rings. The summed E-state index contributed by atoms with van der Waals surface area (Å²) in [6, 6.07) is 29.7. The van der Waals surface area contributed by atoms with Crippen molar-refractivity contribution in [2.75, 3.05) is 35.2 Å². The third-order valence-electron chi connectivity index (χ3n) is 12.8. The number of aromatic carboxylic acids is 3. The highest BCUT2D eigenvalue weighted by Crippen LogP contribution is 2.32. The van der Waals surface area contributed by atoms with Gasteiger partial charge in [-0.3, -0.25) is 23.5 Å². The summed E-state index contributed by atoms with van der Waals surface area (Å²) in [4.78, 5) is 122. The lowest BCUT2D eigenvalue weighted by Crippen LogP contribution is -2.44. The third kappa shape index (κ3) is 67.3. The topological polar surface area (TPSA) is 662 Å². The molecule has 6 rings (SSSR count). The molecule has 1 fully saturated rings. The van der Waals surface area contributed by atoms with E-state index >= 15 is 0 Å². The zero-order valence-corrected chi connectivity index (χ0v) is 76.1. The number of carbonyl (C=O) groups is 11. The van der Waals surface area contributed by atoms with E-state index in [1.165, 1.54) is 71.6 Å². The highest BCUT2D eigenvalue weighted by molar-refractivity contribution is 7.80. The fourth-order valence-corrected chi connectivity index (χ4v) is 8.14. The Kier molecular flexibility index (Phi) is 60.5. The number of amides is 6. The first-order chi connectivity index (χ1) is 55.8. The van der Waals surface area contributed by atoms with Crippen LogP contribution in [0, 0.1) is 13.8 Å². The normalized spacial score (nSPS) is 12.3. The van der Waals surface area contributed by atoms with Gasteiger partial charge >= 0.3 is 58.5 Å². The first-order valence-corrected chi connectivity index (χ1v) is 39.1. The number of thiocarbonyl (C=S) groups is 3. The molecule has 0 saturated carbocycles. The summed E-state index contributed by atoms with van der Waals surface area (Å²) in [5.41, 5.74) is 24.6. The van der Waals surface area contributed by atoms with Crippen molar-refractivity contribution in [3.8, 4) is 17.2 Å². The summed E-state index contributed by atoms with van der Waals surface area (Å²) in [5, 5.41) is 76.5. The van der Waals surface area contributed by atoms with Gasteiger partial charge in [-0.1, -0.05) is 109 Å². The van der Waals surface area contributed by atoms with Gasteiger partial charge in [-0.25, -0.2) is 38.4 Å². The zero-order valence-electron chi connectivity index (χ0n) is 72.8. The molecular weight excluding hydrogens is 1680 g/mol. The van der Waals surface area contributed by atoms with E-state index in [9.17, 15) is 57.8 Å². The molecule has 1 aliphatic heterocycles. The average molecular weight is 1800 g/mol. The van der Waals surface area contributed by atoms with E-state index in [0.29, 0.717) is 46.8 Å². The van der Waals surface area contributed by atoms with E-state index in [1.54, 1.807) is 94.4 Å². The van der Waals surface area contributed by atoms with Crippen LogP contribution in [-0.4, -0.2) is 215 Å². The Hall–Kier alpha value is -11.5. The van der Waals surface area contributed by atoms with Gasteiger partial charge in [-0.15, -0.1) is 0 Å². The van der Waals surface area contributed by atoms with Crippen LogP contribution in [0.3, 0.4) is 0 Å². The summed E-state index contributed by atoms with van der Waals surface area (Å²) in [6.45, 7) is 31.1. The minimum Gasteiger partial charge on any atom is -0.507 e. The van der Waals surface area contributed by atoms with E-state index in [0.717, 1.165) is 11.1 Å². The van der Waals surface area contributed by atoms with Crippen molar-refractivity contribution in [2.45, 2.75) is 202 Å². The monoisotopic (exact) mass is 1800 g/mol. The fourth-order valence-electron chi connectivity index (χ4n) is 7.80. The molecule has 0 bridgehead atoms. The molecule has 0 aliphatic carbocycles. The molecule has 6 amide bonds. The fraction of sp³-hybridized carbons (Fsp3) is 0.450. The second kappa shape index (κ2) is 60.9. The summed E-state index contributed by atoms with van der Waals surface area (Å²) < 4.78 is 57.1. The smallest absolute Gasteiger partial charge is 0.407 e. The Balaban J connectivity index is -0.000000312. The zero-order chi connectivity index (χ0) is 96.7. The van der Waals surface area contributed by atoms with Gasteiger partial charge < -0.3 is 120 Å². The molecule has 5 aromatic rings. The maximum atomic E-state index is 12.4. The number of aliphatic carboxylic acids is 1.